The molecule has 1 aromatic heterocycles. The van der Waals surface area contributed by atoms with Crippen LogP contribution in [0.1, 0.15) is 5.56 Å². The summed E-state index contributed by atoms with van der Waals surface area (Å²) >= 11 is 0. The van der Waals surface area contributed by atoms with Crippen molar-refractivity contribution in [2.45, 2.75) is 12.3 Å². The molecule has 100 valence electrons. The Labute approximate surface area is 98.9 Å². The number of ether oxygens (including phenoxy) is 1. The number of aromatic nitrogens is 1. The first-order valence-corrected chi connectivity index (χ1v) is 4.59. The van der Waals surface area contributed by atoms with Gasteiger partial charge in [0.15, 0.2) is 12.4 Å². The van der Waals surface area contributed by atoms with Crippen LogP contribution in [-0.2, 0) is 0 Å². The third-order valence-electron chi connectivity index (χ3n) is 1.87. The maximum Gasteiger partial charge on any atom is 0.340 e. The first-order chi connectivity index (χ1) is 8.36. The minimum atomic E-state index is -4.24. The lowest BCUT2D eigenvalue weighted by Crippen LogP contribution is -2.33. The van der Waals surface area contributed by atoms with Gasteiger partial charge in [-0.2, -0.15) is 8.78 Å². The van der Waals surface area contributed by atoms with Crippen molar-refractivity contribution in [1.82, 2.24) is 4.98 Å². The van der Waals surface area contributed by atoms with Crippen molar-refractivity contribution in [2.24, 2.45) is 10.9 Å². The topological polar surface area (TPSA) is 80.7 Å². The summed E-state index contributed by atoms with van der Waals surface area (Å²) in [6.07, 6.45) is -2.72. The molecular formula is C9H9F4N3O2. The van der Waals surface area contributed by atoms with Crippen LogP contribution in [-0.4, -0.2) is 35.0 Å². The third kappa shape index (κ3) is 3.47. The molecule has 9 heteroatoms. The van der Waals surface area contributed by atoms with E-state index in [-0.39, 0.29) is 17.3 Å². The fourth-order valence-electron chi connectivity index (χ4n) is 0.908. The molecule has 1 rings (SSSR count). The number of rotatable bonds is 5. The molecule has 0 radical (unpaired) electrons. The van der Waals surface area contributed by atoms with E-state index in [0.717, 1.165) is 12.3 Å². The predicted octanol–water partition coefficient (Wildman–Crippen LogP) is 1.46. The van der Waals surface area contributed by atoms with Crippen molar-refractivity contribution in [3.05, 3.63) is 23.9 Å². The van der Waals surface area contributed by atoms with Gasteiger partial charge >= 0.3 is 12.3 Å². The summed E-state index contributed by atoms with van der Waals surface area (Å²) in [5.41, 5.74) is 5.45. The molecule has 0 saturated carbocycles. The highest BCUT2D eigenvalue weighted by atomic mass is 19.3. The van der Waals surface area contributed by atoms with E-state index in [9.17, 15) is 17.6 Å². The minimum absolute atomic E-state index is 0.227. The van der Waals surface area contributed by atoms with Crippen LogP contribution in [0.5, 0.6) is 5.88 Å². The van der Waals surface area contributed by atoms with Gasteiger partial charge in [-0.25, -0.2) is 13.8 Å². The van der Waals surface area contributed by atoms with Gasteiger partial charge in [0.25, 0.3) is 0 Å². The average Bonchev–Trinajstić information content (AvgIpc) is 2.36. The summed E-state index contributed by atoms with van der Waals surface area (Å²) in [6.45, 7) is -1.49. The highest BCUT2D eigenvalue weighted by Crippen LogP contribution is 2.23. The van der Waals surface area contributed by atoms with Crippen molar-refractivity contribution in [3.63, 3.8) is 0 Å². The number of pyridine rings is 1. The molecule has 0 unspecified atom stereocenters. The molecule has 0 atom stereocenters. The number of oxime groups is 1. The zero-order valence-corrected chi connectivity index (χ0v) is 8.86. The average molecular weight is 267 g/mol. The van der Waals surface area contributed by atoms with E-state index < -0.39 is 19.0 Å². The van der Waals surface area contributed by atoms with Crippen LogP contribution in [0.4, 0.5) is 17.6 Å². The number of hydrogen-bond donors (Lipinski definition) is 2. The van der Waals surface area contributed by atoms with Gasteiger partial charge in [0.05, 0.1) is 0 Å². The summed E-state index contributed by atoms with van der Waals surface area (Å²) in [5, 5.41) is 11.0. The Balaban J connectivity index is 2.65. The van der Waals surface area contributed by atoms with Crippen LogP contribution < -0.4 is 10.5 Å². The Morgan fingerprint density at radius 1 is 1.50 bits per heavy atom. The van der Waals surface area contributed by atoms with E-state index in [2.05, 4.69) is 14.9 Å². The summed E-state index contributed by atoms with van der Waals surface area (Å²) < 4.78 is 53.1. The zero-order chi connectivity index (χ0) is 13.8. The van der Waals surface area contributed by atoms with Gasteiger partial charge in [-0.05, 0) is 6.07 Å². The molecule has 0 aromatic carbocycles. The van der Waals surface area contributed by atoms with Crippen LogP contribution in [0.3, 0.4) is 0 Å². The standard InChI is InChI=1S/C9H9F4N3O2/c10-8(11)9(12,13)4-18-6-2-1-5(3-15-6)7(14)16-17/h1-3,8,17H,4H2,(H2,14,16). The molecule has 1 aromatic rings. The lowest BCUT2D eigenvalue weighted by molar-refractivity contribution is -0.148. The van der Waals surface area contributed by atoms with Crippen LogP contribution in [0, 0.1) is 0 Å². The first kappa shape index (κ1) is 14.0. The minimum Gasteiger partial charge on any atom is -0.471 e. The molecule has 0 aliphatic rings. The maximum atomic E-state index is 12.5. The molecule has 0 saturated heterocycles. The van der Waals surface area contributed by atoms with E-state index in [4.69, 9.17) is 10.9 Å². The van der Waals surface area contributed by atoms with E-state index in [0.29, 0.717) is 0 Å². The molecule has 3 N–H and O–H groups in total. The summed E-state index contributed by atoms with van der Waals surface area (Å²) in [5.74, 6) is -4.75. The number of hydrogen-bond acceptors (Lipinski definition) is 4. The molecule has 0 fully saturated rings. The van der Waals surface area contributed by atoms with Gasteiger partial charge in [0.2, 0.25) is 5.88 Å². The predicted molar refractivity (Wildman–Crippen MR) is 53.2 cm³/mol. The molecule has 0 spiro atoms. The monoisotopic (exact) mass is 267 g/mol. The fraction of sp³-hybridized carbons (Fsp3) is 0.333. The van der Waals surface area contributed by atoms with E-state index in [1.807, 2.05) is 0 Å². The maximum absolute atomic E-state index is 12.5. The molecule has 0 aliphatic carbocycles. The van der Waals surface area contributed by atoms with Gasteiger partial charge in [0, 0.05) is 17.8 Å². The highest BCUT2D eigenvalue weighted by molar-refractivity contribution is 5.96. The lowest BCUT2D eigenvalue weighted by Gasteiger charge is -2.15. The SMILES string of the molecule is N/C(=N\O)c1ccc(OCC(F)(F)C(F)F)nc1. The smallest absolute Gasteiger partial charge is 0.340 e. The third-order valence-corrected chi connectivity index (χ3v) is 1.87. The quantitative estimate of drug-likeness (QED) is 0.278. The van der Waals surface area contributed by atoms with Crippen molar-refractivity contribution < 1.29 is 27.5 Å². The lowest BCUT2D eigenvalue weighted by atomic mass is 10.3. The molecule has 0 aliphatic heterocycles. The number of nitrogens with zero attached hydrogens (tertiary/aromatic N) is 2. The van der Waals surface area contributed by atoms with Crippen LogP contribution in [0.2, 0.25) is 0 Å². The largest absolute Gasteiger partial charge is 0.471 e. The number of nitrogens with two attached hydrogens (primary N) is 1. The molecule has 0 bridgehead atoms. The number of amidine groups is 1. The second-order valence-electron chi connectivity index (χ2n) is 3.22. The van der Waals surface area contributed by atoms with Crippen molar-refractivity contribution in [3.8, 4) is 5.88 Å². The fourth-order valence-corrected chi connectivity index (χ4v) is 0.908. The van der Waals surface area contributed by atoms with E-state index >= 15 is 0 Å². The Bertz CT molecular complexity index is 422. The van der Waals surface area contributed by atoms with E-state index in [1.165, 1.54) is 6.07 Å². The summed E-state index contributed by atoms with van der Waals surface area (Å²) in [7, 11) is 0. The number of halogens is 4. The Hall–Kier alpha value is -2.06. The molecule has 0 amide bonds. The van der Waals surface area contributed by atoms with Crippen molar-refractivity contribution in [2.75, 3.05) is 6.61 Å². The Kier molecular flexibility index (Phi) is 4.29. The molecular weight excluding hydrogens is 258 g/mol. The van der Waals surface area contributed by atoms with Gasteiger partial charge in [-0.3, -0.25) is 0 Å². The van der Waals surface area contributed by atoms with Gasteiger partial charge in [0.1, 0.15) is 0 Å². The molecule has 5 nitrogen and oxygen atoms in total. The second kappa shape index (κ2) is 5.52. The number of alkyl halides is 4. The Morgan fingerprint density at radius 2 is 2.17 bits per heavy atom. The Morgan fingerprint density at radius 3 is 2.61 bits per heavy atom. The van der Waals surface area contributed by atoms with Crippen LogP contribution in [0.25, 0.3) is 0 Å². The van der Waals surface area contributed by atoms with Gasteiger partial charge < -0.3 is 15.7 Å². The van der Waals surface area contributed by atoms with Gasteiger partial charge in [-0.1, -0.05) is 5.16 Å². The second-order valence-corrected chi connectivity index (χ2v) is 3.22. The normalized spacial score (nSPS) is 12.8. The summed E-state index contributed by atoms with van der Waals surface area (Å²) in [4.78, 5) is 3.54. The molecule has 1 heterocycles. The van der Waals surface area contributed by atoms with Gasteiger partial charge in [-0.15, -0.1) is 0 Å². The van der Waals surface area contributed by atoms with Crippen LogP contribution >= 0.6 is 0 Å². The zero-order valence-electron chi connectivity index (χ0n) is 8.86. The van der Waals surface area contributed by atoms with Crippen molar-refractivity contribution in [1.29, 1.82) is 0 Å². The van der Waals surface area contributed by atoms with E-state index in [1.54, 1.807) is 0 Å². The molecule has 18 heavy (non-hydrogen) atoms. The first-order valence-electron chi connectivity index (χ1n) is 4.59. The van der Waals surface area contributed by atoms with Crippen molar-refractivity contribution >= 4 is 5.84 Å². The van der Waals surface area contributed by atoms with Crippen LogP contribution in [0.15, 0.2) is 23.5 Å². The highest BCUT2D eigenvalue weighted by Gasteiger charge is 2.41. The summed E-state index contributed by atoms with van der Waals surface area (Å²) in [6, 6.07) is 2.41.